The van der Waals surface area contributed by atoms with Crippen molar-refractivity contribution in [2.24, 2.45) is 11.7 Å². The Morgan fingerprint density at radius 2 is 1.96 bits per heavy atom. The van der Waals surface area contributed by atoms with Gasteiger partial charge in [-0.25, -0.2) is 4.79 Å². The molecule has 1 aromatic carbocycles. The van der Waals surface area contributed by atoms with E-state index in [0.29, 0.717) is 18.9 Å². The monoisotopic (exact) mass is 360 g/mol. The average molecular weight is 361 g/mol. The van der Waals surface area contributed by atoms with Crippen molar-refractivity contribution in [1.29, 1.82) is 0 Å². The van der Waals surface area contributed by atoms with Gasteiger partial charge in [-0.3, -0.25) is 0 Å². The highest BCUT2D eigenvalue weighted by Gasteiger charge is 2.43. The van der Waals surface area contributed by atoms with E-state index in [4.69, 9.17) is 10.5 Å². The Morgan fingerprint density at radius 3 is 2.65 bits per heavy atom. The smallest absolute Gasteiger partial charge is 0.330 e. The molecule has 2 N–H and O–H groups in total. The number of carbonyl (C=O) groups excluding carboxylic acids is 1. The van der Waals surface area contributed by atoms with Gasteiger partial charge in [0.2, 0.25) is 0 Å². The second-order valence-corrected chi connectivity index (χ2v) is 6.47. The molecule has 0 bridgehead atoms. The van der Waals surface area contributed by atoms with Crippen molar-refractivity contribution in [3.8, 4) is 0 Å². The van der Waals surface area contributed by atoms with Crippen LogP contribution in [0.15, 0.2) is 24.3 Å². The first-order valence-corrected chi connectivity index (χ1v) is 7.82. The molecule has 0 saturated carbocycles. The summed E-state index contributed by atoms with van der Waals surface area (Å²) >= 11 is 0. The number of nitrogens with two attached hydrogens (primary N) is 1. The maximum Gasteiger partial charge on any atom is 0.330 e. The van der Waals surface area contributed by atoms with Crippen LogP contribution in [0.4, 0.5) is 0 Å². The van der Waals surface area contributed by atoms with E-state index in [1.54, 1.807) is 0 Å². The van der Waals surface area contributed by atoms with Crippen LogP contribution in [0.25, 0.3) is 0 Å². The maximum atomic E-state index is 12.5. The Bertz CT molecular complexity index is 533. The number of fused-ring (bicyclic) bond motifs is 1. The molecule has 6 heteroatoms. The van der Waals surface area contributed by atoms with E-state index in [1.165, 1.54) is 5.56 Å². The normalized spacial score (nSPS) is 24.3. The molecule has 4 nitrogen and oxygen atoms in total. The van der Waals surface area contributed by atoms with Crippen molar-refractivity contribution >= 4 is 30.8 Å². The second-order valence-electron chi connectivity index (χ2n) is 6.47. The standard InChI is InChI=1S/C17H24N2O2.2ClH/c1-19-10-7-13(8-11-19)12-21-16(20)17(18)9-6-14-4-2-3-5-15(14)17;;/h2-5,13H,6-12,18H2,1H3;2*1H. The van der Waals surface area contributed by atoms with Gasteiger partial charge < -0.3 is 15.4 Å². The summed E-state index contributed by atoms with van der Waals surface area (Å²) in [6.45, 7) is 2.67. The van der Waals surface area contributed by atoms with Gasteiger partial charge in [0.15, 0.2) is 0 Å². The highest BCUT2D eigenvalue weighted by Crippen LogP contribution is 2.35. The Kier molecular flexibility index (Phi) is 7.33. The molecule has 23 heavy (non-hydrogen) atoms. The van der Waals surface area contributed by atoms with Crippen molar-refractivity contribution in [3.05, 3.63) is 35.4 Å². The second kappa shape index (κ2) is 8.34. The summed E-state index contributed by atoms with van der Waals surface area (Å²) in [4.78, 5) is 14.8. The van der Waals surface area contributed by atoms with Gasteiger partial charge in [0.25, 0.3) is 0 Å². The van der Waals surface area contributed by atoms with Gasteiger partial charge in [0.05, 0.1) is 6.61 Å². The van der Waals surface area contributed by atoms with Crippen molar-refractivity contribution < 1.29 is 9.53 Å². The van der Waals surface area contributed by atoms with Gasteiger partial charge in [0, 0.05) is 0 Å². The van der Waals surface area contributed by atoms with Crippen molar-refractivity contribution in [2.75, 3.05) is 26.7 Å². The van der Waals surface area contributed by atoms with Crippen molar-refractivity contribution in [1.82, 2.24) is 4.90 Å². The van der Waals surface area contributed by atoms with E-state index in [-0.39, 0.29) is 30.8 Å². The third kappa shape index (κ3) is 4.18. The molecule has 1 unspecified atom stereocenters. The zero-order valence-electron chi connectivity index (χ0n) is 13.5. The fourth-order valence-electron chi connectivity index (χ4n) is 3.40. The molecule has 3 rings (SSSR count). The molecule has 1 fully saturated rings. The molecule has 0 radical (unpaired) electrons. The minimum Gasteiger partial charge on any atom is -0.464 e. The molecule has 1 heterocycles. The van der Waals surface area contributed by atoms with E-state index in [0.717, 1.165) is 37.9 Å². The van der Waals surface area contributed by atoms with Gasteiger partial charge in [-0.15, -0.1) is 24.8 Å². The molecule has 1 aromatic rings. The lowest BCUT2D eigenvalue weighted by atomic mass is 9.93. The molecule has 1 atom stereocenters. The summed E-state index contributed by atoms with van der Waals surface area (Å²) in [6.07, 6.45) is 3.70. The Labute approximate surface area is 150 Å². The van der Waals surface area contributed by atoms with Gasteiger partial charge in [-0.05, 0) is 62.9 Å². The van der Waals surface area contributed by atoms with Crippen LogP contribution in [0.2, 0.25) is 0 Å². The van der Waals surface area contributed by atoms with Crippen LogP contribution in [0.1, 0.15) is 30.4 Å². The molecule has 0 spiro atoms. The van der Waals surface area contributed by atoms with E-state index >= 15 is 0 Å². The van der Waals surface area contributed by atoms with Gasteiger partial charge >= 0.3 is 5.97 Å². The van der Waals surface area contributed by atoms with Gasteiger partial charge in [0.1, 0.15) is 5.54 Å². The first-order valence-electron chi connectivity index (χ1n) is 7.82. The number of hydrogen-bond donors (Lipinski definition) is 1. The number of ether oxygens (including phenoxy) is 1. The number of halogens is 2. The molecular weight excluding hydrogens is 335 g/mol. The molecule has 1 saturated heterocycles. The predicted octanol–water partition coefficient (Wildman–Crippen LogP) is 2.52. The number of likely N-dealkylation sites (tertiary alicyclic amines) is 1. The summed E-state index contributed by atoms with van der Waals surface area (Å²) in [5, 5.41) is 0. The molecule has 1 aliphatic carbocycles. The predicted molar refractivity (Wildman–Crippen MR) is 96.3 cm³/mol. The van der Waals surface area contributed by atoms with Crippen LogP contribution in [-0.2, 0) is 21.5 Å². The Morgan fingerprint density at radius 1 is 1.30 bits per heavy atom. The van der Waals surface area contributed by atoms with Crippen LogP contribution in [0.3, 0.4) is 0 Å². The highest BCUT2D eigenvalue weighted by atomic mass is 35.5. The summed E-state index contributed by atoms with van der Waals surface area (Å²) in [5.74, 6) is 0.219. The number of aryl methyl sites for hydroxylation is 1. The number of nitrogens with zero attached hydrogens (tertiary/aromatic N) is 1. The zero-order valence-corrected chi connectivity index (χ0v) is 15.1. The molecule has 130 valence electrons. The lowest BCUT2D eigenvalue weighted by Gasteiger charge is -2.30. The van der Waals surface area contributed by atoms with Gasteiger partial charge in [-0.1, -0.05) is 24.3 Å². The minimum absolute atomic E-state index is 0. The molecule has 2 aliphatic rings. The maximum absolute atomic E-state index is 12.5. The summed E-state index contributed by atoms with van der Waals surface area (Å²) in [7, 11) is 2.13. The number of hydrogen-bond acceptors (Lipinski definition) is 4. The zero-order chi connectivity index (χ0) is 14.9. The van der Waals surface area contributed by atoms with Crippen LogP contribution < -0.4 is 5.73 Å². The first-order chi connectivity index (χ1) is 10.1. The number of rotatable bonds is 3. The summed E-state index contributed by atoms with van der Waals surface area (Å²) < 4.78 is 5.58. The molecular formula is C17H26Cl2N2O2. The fourth-order valence-corrected chi connectivity index (χ4v) is 3.40. The van der Waals surface area contributed by atoms with Gasteiger partial charge in [-0.2, -0.15) is 0 Å². The van der Waals surface area contributed by atoms with Crippen molar-refractivity contribution in [3.63, 3.8) is 0 Å². The quantitative estimate of drug-likeness (QED) is 0.841. The average Bonchev–Trinajstić information content (AvgIpc) is 2.86. The highest BCUT2D eigenvalue weighted by molar-refractivity contribution is 5.85. The number of benzene rings is 1. The summed E-state index contributed by atoms with van der Waals surface area (Å²) in [6, 6.07) is 7.94. The van der Waals surface area contributed by atoms with E-state index in [1.807, 2.05) is 24.3 Å². The first kappa shape index (κ1) is 20.2. The molecule has 0 amide bonds. The van der Waals surface area contributed by atoms with Crippen LogP contribution in [0, 0.1) is 5.92 Å². The number of esters is 1. The largest absolute Gasteiger partial charge is 0.464 e. The topological polar surface area (TPSA) is 55.6 Å². The third-order valence-electron chi connectivity index (χ3n) is 4.94. The number of carbonyl (C=O) groups is 1. The van der Waals surface area contributed by atoms with Crippen LogP contribution >= 0.6 is 24.8 Å². The minimum atomic E-state index is -0.942. The number of piperidine rings is 1. The van der Waals surface area contributed by atoms with Crippen molar-refractivity contribution in [2.45, 2.75) is 31.2 Å². The third-order valence-corrected chi connectivity index (χ3v) is 4.94. The molecule has 0 aromatic heterocycles. The molecule has 1 aliphatic heterocycles. The van der Waals surface area contributed by atoms with E-state index in [9.17, 15) is 4.79 Å². The SMILES string of the molecule is CN1CCC(COC(=O)C2(N)CCc3ccccc32)CC1.Cl.Cl. The lowest BCUT2D eigenvalue weighted by molar-refractivity contribution is -0.152. The van der Waals surface area contributed by atoms with E-state index < -0.39 is 5.54 Å². The van der Waals surface area contributed by atoms with Crippen LogP contribution in [-0.4, -0.2) is 37.6 Å². The van der Waals surface area contributed by atoms with E-state index in [2.05, 4.69) is 11.9 Å². The summed E-state index contributed by atoms with van der Waals surface area (Å²) in [5.41, 5.74) is 7.55. The Balaban J connectivity index is 0.00000132. The lowest BCUT2D eigenvalue weighted by Crippen LogP contribution is -2.45. The fraction of sp³-hybridized carbons (Fsp3) is 0.588. The van der Waals surface area contributed by atoms with Crippen LogP contribution in [0.5, 0.6) is 0 Å². The Hall–Kier alpha value is -0.810.